The normalized spacial score (nSPS) is 10.6. The molecule has 5 nitrogen and oxygen atoms in total. The first kappa shape index (κ1) is 16.5. The highest BCUT2D eigenvalue weighted by Gasteiger charge is 2.13. The third-order valence-electron chi connectivity index (χ3n) is 2.85. The Bertz CT molecular complexity index is 446. The number of esters is 1. The van der Waals surface area contributed by atoms with Crippen LogP contribution < -0.4 is 5.73 Å². The molecule has 0 aromatic heterocycles. The molecule has 112 valence electrons. The highest BCUT2D eigenvalue weighted by atomic mass is 16.5. The van der Waals surface area contributed by atoms with Crippen LogP contribution >= 0.6 is 0 Å². The summed E-state index contributed by atoms with van der Waals surface area (Å²) in [4.78, 5) is 11.9. The Morgan fingerprint density at radius 2 is 1.90 bits per heavy atom. The Morgan fingerprint density at radius 3 is 2.60 bits per heavy atom. The smallest absolute Gasteiger partial charge is 0.340 e. The average Bonchev–Trinajstić information content (AvgIpc) is 2.41. The lowest BCUT2D eigenvalue weighted by molar-refractivity contribution is 0.0386. The summed E-state index contributed by atoms with van der Waals surface area (Å²) in [6.45, 7) is 5.78. The summed E-state index contributed by atoms with van der Waals surface area (Å²) >= 11 is 0. The van der Waals surface area contributed by atoms with Gasteiger partial charge < -0.3 is 19.9 Å². The van der Waals surface area contributed by atoms with E-state index in [1.54, 1.807) is 13.2 Å². The number of carbonyl (C=O) groups excluding carboxylic acids is 1. The molecule has 0 saturated carbocycles. The van der Waals surface area contributed by atoms with E-state index in [0.29, 0.717) is 44.1 Å². The molecule has 0 amide bonds. The Balaban J connectivity index is 2.36. The van der Waals surface area contributed by atoms with Crippen molar-refractivity contribution in [2.75, 3.05) is 39.3 Å². The molecule has 0 saturated heterocycles. The third kappa shape index (κ3) is 5.19. The lowest BCUT2D eigenvalue weighted by Crippen LogP contribution is -2.12. The second-order valence-electron chi connectivity index (χ2n) is 4.64. The van der Waals surface area contributed by atoms with Crippen molar-refractivity contribution in [1.82, 2.24) is 0 Å². The Kier molecular flexibility index (Phi) is 7.04. The van der Waals surface area contributed by atoms with E-state index in [9.17, 15) is 4.79 Å². The summed E-state index contributed by atoms with van der Waals surface area (Å²) in [6.07, 6.45) is 0.653. The monoisotopic (exact) mass is 281 g/mol. The number of hydrogen-bond acceptors (Lipinski definition) is 5. The van der Waals surface area contributed by atoms with Crippen molar-refractivity contribution in [3.8, 4) is 0 Å². The van der Waals surface area contributed by atoms with Crippen molar-refractivity contribution >= 4 is 11.7 Å². The summed E-state index contributed by atoms with van der Waals surface area (Å²) in [7, 11) is 1.62. The van der Waals surface area contributed by atoms with Crippen LogP contribution in [0.4, 0.5) is 5.69 Å². The van der Waals surface area contributed by atoms with Crippen LogP contribution in [0.15, 0.2) is 12.1 Å². The van der Waals surface area contributed by atoms with Crippen molar-refractivity contribution in [1.29, 1.82) is 0 Å². The van der Waals surface area contributed by atoms with Crippen molar-refractivity contribution in [3.63, 3.8) is 0 Å². The van der Waals surface area contributed by atoms with Gasteiger partial charge in [-0.05, 0) is 31.0 Å². The minimum Gasteiger partial charge on any atom is -0.462 e. The zero-order valence-electron chi connectivity index (χ0n) is 12.4. The molecule has 0 spiro atoms. The number of nitrogen functional groups attached to an aromatic ring is 1. The SMILES string of the molecule is COCCOCCCOC(=O)c1cc(C)cc(C)c1N. The van der Waals surface area contributed by atoms with Gasteiger partial charge in [0.1, 0.15) is 0 Å². The molecule has 2 N–H and O–H groups in total. The molecule has 0 fully saturated rings. The van der Waals surface area contributed by atoms with Crippen LogP contribution in [0.25, 0.3) is 0 Å². The first-order valence-corrected chi connectivity index (χ1v) is 6.66. The molecule has 0 aliphatic carbocycles. The fourth-order valence-corrected chi connectivity index (χ4v) is 1.80. The number of aryl methyl sites for hydroxylation is 2. The summed E-state index contributed by atoms with van der Waals surface area (Å²) in [5, 5.41) is 0. The van der Waals surface area contributed by atoms with Crippen LogP contribution in [0.2, 0.25) is 0 Å². The zero-order valence-corrected chi connectivity index (χ0v) is 12.4. The van der Waals surface area contributed by atoms with Gasteiger partial charge in [0.15, 0.2) is 0 Å². The molecule has 0 aliphatic heterocycles. The molecular weight excluding hydrogens is 258 g/mol. The standard InChI is InChI=1S/C15H23NO4/c1-11-9-12(2)14(16)13(10-11)15(17)20-6-4-5-19-8-7-18-3/h9-10H,4-8,16H2,1-3H3. The third-order valence-corrected chi connectivity index (χ3v) is 2.85. The predicted molar refractivity (Wildman–Crippen MR) is 77.9 cm³/mol. The van der Waals surface area contributed by atoms with E-state index in [0.717, 1.165) is 11.1 Å². The Hall–Kier alpha value is -1.59. The van der Waals surface area contributed by atoms with E-state index >= 15 is 0 Å². The molecule has 0 bridgehead atoms. The van der Waals surface area contributed by atoms with Crippen LogP contribution in [0.5, 0.6) is 0 Å². The van der Waals surface area contributed by atoms with Crippen molar-refractivity contribution in [3.05, 3.63) is 28.8 Å². The Labute approximate surface area is 120 Å². The van der Waals surface area contributed by atoms with Crippen LogP contribution in [-0.4, -0.2) is 39.5 Å². The van der Waals surface area contributed by atoms with Crippen molar-refractivity contribution in [2.45, 2.75) is 20.3 Å². The number of rotatable bonds is 8. The van der Waals surface area contributed by atoms with Gasteiger partial charge in [-0.3, -0.25) is 0 Å². The van der Waals surface area contributed by atoms with Gasteiger partial charge in [0.2, 0.25) is 0 Å². The second kappa shape index (κ2) is 8.55. The lowest BCUT2D eigenvalue weighted by Gasteiger charge is -2.10. The number of ether oxygens (including phenoxy) is 3. The largest absolute Gasteiger partial charge is 0.462 e. The second-order valence-corrected chi connectivity index (χ2v) is 4.64. The van der Waals surface area contributed by atoms with Gasteiger partial charge in [0.25, 0.3) is 0 Å². The van der Waals surface area contributed by atoms with Gasteiger partial charge in [-0.1, -0.05) is 6.07 Å². The molecule has 20 heavy (non-hydrogen) atoms. The number of nitrogens with two attached hydrogens (primary N) is 1. The Morgan fingerprint density at radius 1 is 1.15 bits per heavy atom. The van der Waals surface area contributed by atoms with E-state index < -0.39 is 0 Å². The van der Waals surface area contributed by atoms with Gasteiger partial charge in [0.05, 0.1) is 25.4 Å². The number of methoxy groups -OCH3 is 1. The lowest BCUT2D eigenvalue weighted by atomic mass is 10.0. The van der Waals surface area contributed by atoms with Gasteiger partial charge in [-0.15, -0.1) is 0 Å². The summed E-state index contributed by atoms with van der Waals surface area (Å²) in [6, 6.07) is 3.69. The molecular formula is C15H23NO4. The van der Waals surface area contributed by atoms with E-state index in [4.69, 9.17) is 19.9 Å². The van der Waals surface area contributed by atoms with Crippen molar-refractivity contribution in [2.24, 2.45) is 0 Å². The van der Waals surface area contributed by atoms with E-state index in [-0.39, 0.29) is 5.97 Å². The van der Waals surface area contributed by atoms with Gasteiger partial charge in [0, 0.05) is 25.8 Å². The topological polar surface area (TPSA) is 70.8 Å². The molecule has 1 aromatic rings. The van der Waals surface area contributed by atoms with Crippen LogP contribution in [-0.2, 0) is 14.2 Å². The molecule has 0 atom stereocenters. The molecule has 5 heteroatoms. The molecule has 0 radical (unpaired) electrons. The molecule has 1 rings (SSSR count). The van der Waals surface area contributed by atoms with Crippen molar-refractivity contribution < 1.29 is 19.0 Å². The molecule has 0 aliphatic rings. The molecule has 0 heterocycles. The van der Waals surface area contributed by atoms with Gasteiger partial charge in [-0.25, -0.2) is 4.79 Å². The maximum atomic E-state index is 11.9. The highest BCUT2D eigenvalue weighted by Crippen LogP contribution is 2.20. The number of carbonyl (C=O) groups is 1. The summed E-state index contributed by atoms with van der Waals surface area (Å²) < 4.78 is 15.3. The minimum absolute atomic E-state index is 0.318. The van der Waals surface area contributed by atoms with E-state index in [1.807, 2.05) is 19.9 Å². The first-order valence-electron chi connectivity index (χ1n) is 6.66. The summed E-state index contributed by atoms with van der Waals surface area (Å²) in [5.41, 5.74) is 8.70. The average molecular weight is 281 g/mol. The van der Waals surface area contributed by atoms with Gasteiger partial charge >= 0.3 is 5.97 Å². The van der Waals surface area contributed by atoms with Gasteiger partial charge in [-0.2, -0.15) is 0 Å². The van der Waals surface area contributed by atoms with E-state index in [2.05, 4.69) is 0 Å². The molecule has 1 aromatic carbocycles. The number of benzene rings is 1. The van der Waals surface area contributed by atoms with Crippen LogP contribution in [0.1, 0.15) is 27.9 Å². The number of anilines is 1. The van der Waals surface area contributed by atoms with Crippen LogP contribution in [0.3, 0.4) is 0 Å². The number of hydrogen-bond donors (Lipinski definition) is 1. The quantitative estimate of drug-likeness (QED) is 0.449. The predicted octanol–water partition coefficient (Wildman–Crippen LogP) is 2.10. The van der Waals surface area contributed by atoms with E-state index in [1.165, 1.54) is 0 Å². The fraction of sp³-hybridized carbons (Fsp3) is 0.533. The molecule has 0 unspecified atom stereocenters. The maximum absolute atomic E-state index is 11.9. The minimum atomic E-state index is -0.383. The maximum Gasteiger partial charge on any atom is 0.340 e. The van der Waals surface area contributed by atoms with Crippen LogP contribution in [0, 0.1) is 13.8 Å². The summed E-state index contributed by atoms with van der Waals surface area (Å²) in [5.74, 6) is -0.383. The fourth-order valence-electron chi connectivity index (χ4n) is 1.80. The first-order chi connectivity index (χ1) is 9.56. The highest BCUT2D eigenvalue weighted by molar-refractivity contribution is 5.96. The zero-order chi connectivity index (χ0) is 15.0.